The Hall–Kier alpha value is -1.30. The van der Waals surface area contributed by atoms with Crippen molar-refractivity contribution >= 4 is 29.0 Å². The highest BCUT2D eigenvalue weighted by Gasteiger charge is 2.29. The van der Waals surface area contributed by atoms with Crippen LogP contribution in [0.4, 0.5) is 0 Å². The average molecular weight is 389 g/mol. The molecule has 0 saturated carbocycles. The van der Waals surface area contributed by atoms with Crippen LogP contribution in [0.2, 0.25) is 0 Å². The summed E-state index contributed by atoms with van der Waals surface area (Å²) in [6, 6.07) is 11.1. The lowest BCUT2D eigenvalue weighted by Crippen LogP contribution is -2.44. The maximum absolute atomic E-state index is 12.6. The van der Waals surface area contributed by atoms with Gasteiger partial charge in [0.2, 0.25) is 5.91 Å². The third-order valence-electron chi connectivity index (χ3n) is 4.93. The molecule has 0 bridgehead atoms. The number of thioether (sulfide) groups is 1. The van der Waals surface area contributed by atoms with Gasteiger partial charge in [0.1, 0.15) is 0 Å². The molecular weight excluding hydrogens is 360 g/mol. The Morgan fingerprint density at radius 1 is 1.27 bits per heavy atom. The molecule has 2 aromatic rings. The van der Waals surface area contributed by atoms with Crippen LogP contribution in [-0.4, -0.2) is 35.7 Å². The van der Waals surface area contributed by atoms with Crippen LogP contribution in [0.3, 0.4) is 0 Å². The van der Waals surface area contributed by atoms with Crippen LogP contribution >= 0.6 is 23.1 Å². The molecule has 3 rings (SSSR count). The summed E-state index contributed by atoms with van der Waals surface area (Å²) in [5.41, 5.74) is 2.47. The molecule has 3 nitrogen and oxygen atoms in total. The molecule has 1 saturated heterocycles. The summed E-state index contributed by atoms with van der Waals surface area (Å²) in [6.45, 7) is 8.58. The Balaban J connectivity index is 1.60. The van der Waals surface area contributed by atoms with E-state index < -0.39 is 0 Å². The number of aryl methyl sites for hydroxylation is 2. The van der Waals surface area contributed by atoms with Crippen molar-refractivity contribution in [1.29, 1.82) is 0 Å². The van der Waals surface area contributed by atoms with Crippen molar-refractivity contribution < 1.29 is 4.79 Å². The fourth-order valence-corrected chi connectivity index (χ4v) is 5.50. The number of rotatable bonds is 7. The van der Waals surface area contributed by atoms with Crippen LogP contribution < -0.4 is 5.32 Å². The molecule has 1 aromatic heterocycles. The van der Waals surface area contributed by atoms with Gasteiger partial charge in [0, 0.05) is 15.8 Å². The molecule has 2 heterocycles. The van der Waals surface area contributed by atoms with E-state index in [1.807, 2.05) is 0 Å². The Morgan fingerprint density at radius 2 is 2.04 bits per heavy atom. The highest BCUT2D eigenvalue weighted by Crippen LogP contribution is 2.31. The fourth-order valence-electron chi connectivity index (χ4n) is 3.60. The van der Waals surface area contributed by atoms with Crippen molar-refractivity contribution in [2.75, 3.05) is 18.8 Å². The summed E-state index contributed by atoms with van der Waals surface area (Å²) in [6.07, 6.45) is 2.51. The lowest BCUT2D eigenvalue weighted by molar-refractivity contribution is -0.119. The Kier molecular flexibility index (Phi) is 6.79. The Labute approximate surface area is 165 Å². The van der Waals surface area contributed by atoms with E-state index >= 15 is 0 Å². The summed E-state index contributed by atoms with van der Waals surface area (Å²) < 4.78 is 0. The van der Waals surface area contributed by atoms with Crippen molar-refractivity contribution in [2.24, 2.45) is 0 Å². The minimum atomic E-state index is 0.110. The van der Waals surface area contributed by atoms with Crippen molar-refractivity contribution in [3.8, 4) is 0 Å². The van der Waals surface area contributed by atoms with Crippen molar-refractivity contribution in [2.45, 2.75) is 50.6 Å². The molecule has 1 N–H and O–H groups in total. The van der Waals surface area contributed by atoms with Gasteiger partial charge in [0.25, 0.3) is 0 Å². The fraction of sp³-hybridized carbons (Fsp3) is 0.476. The largest absolute Gasteiger partial charge is 0.351 e. The molecule has 1 aromatic carbocycles. The van der Waals surface area contributed by atoms with E-state index in [0.29, 0.717) is 5.75 Å². The summed E-state index contributed by atoms with van der Waals surface area (Å²) in [5, 5.41) is 5.38. The third kappa shape index (κ3) is 4.90. The standard InChI is InChI=1S/C21H28N2OS2/c1-15-8-9-16(2)19(13-15)26-14-20(24)22-17(3)21(18-7-6-12-25-18)23-10-4-5-11-23/h6-9,12-13,17,21H,4-5,10-11,14H2,1-3H3,(H,22,24). The first-order valence-corrected chi connectivity index (χ1v) is 11.2. The second-order valence-corrected chi connectivity index (χ2v) is 9.11. The van der Waals surface area contributed by atoms with Gasteiger partial charge < -0.3 is 5.32 Å². The van der Waals surface area contributed by atoms with Gasteiger partial charge in [0.05, 0.1) is 11.8 Å². The Morgan fingerprint density at radius 3 is 2.73 bits per heavy atom. The first kappa shape index (κ1) is 19.5. The molecule has 0 radical (unpaired) electrons. The number of likely N-dealkylation sites (tertiary alicyclic amines) is 1. The third-order valence-corrected chi connectivity index (χ3v) is 7.03. The zero-order chi connectivity index (χ0) is 18.5. The van der Waals surface area contributed by atoms with Gasteiger partial charge in [-0.3, -0.25) is 9.69 Å². The molecule has 2 atom stereocenters. The van der Waals surface area contributed by atoms with E-state index in [0.717, 1.165) is 13.1 Å². The number of benzene rings is 1. The van der Waals surface area contributed by atoms with E-state index in [1.54, 1.807) is 23.1 Å². The molecule has 2 unspecified atom stereocenters. The molecule has 1 aliphatic heterocycles. The quantitative estimate of drug-likeness (QED) is 0.692. The van der Waals surface area contributed by atoms with E-state index in [1.165, 1.54) is 33.7 Å². The van der Waals surface area contributed by atoms with Crippen LogP contribution in [0.1, 0.15) is 41.8 Å². The van der Waals surface area contributed by atoms with E-state index in [2.05, 4.69) is 66.7 Å². The number of thiophene rings is 1. The van der Waals surface area contributed by atoms with Gasteiger partial charge in [-0.25, -0.2) is 0 Å². The van der Waals surface area contributed by atoms with E-state index in [9.17, 15) is 4.79 Å². The number of hydrogen-bond donors (Lipinski definition) is 1. The predicted molar refractivity (Wildman–Crippen MR) is 112 cm³/mol. The smallest absolute Gasteiger partial charge is 0.230 e. The van der Waals surface area contributed by atoms with Crippen LogP contribution in [-0.2, 0) is 4.79 Å². The van der Waals surface area contributed by atoms with E-state index in [4.69, 9.17) is 0 Å². The average Bonchev–Trinajstić information content (AvgIpc) is 3.30. The number of amides is 1. The zero-order valence-corrected chi connectivity index (χ0v) is 17.5. The summed E-state index contributed by atoms with van der Waals surface area (Å²) in [7, 11) is 0. The minimum absolute atomic E-state index is 0.110. The van der Waals surface area contributed by atoms with Crippen molar-refractivity contribution in [3.63, 3.8) is 0 Å². The molecule has 1 fully saturated rings. The molecule has 140 valence electrons. The molecule has 0 spiro atoms. The number of nitrogens with zero attached hydrogens (tertiary/aromatic N) is 1. The number of carbonyl (C=O) groups is 1. The van der Waals surface area contributed by atoms with E-state index in [-0.39, 0.29) is 18.0 Å². The second kappa shape index (κ2) is 9.07. The maximum atomic E-state index is 12.6. The maximum Gasteiger partial charge on any atom is 0.230 e. The highest BCUT2D eigenvalue weighted by atomic mass is 32.2. The molecular formula is C21H28N2OS2. The van der Waals surface area contributed by atoms with Crippen molar-refractivity contribution in [1.82, 2.24) is 10.2 Å². The molecule has 0 aliphatic carbocycles. The molecule has 1 amide bonds. The zero-order valence-electron chi connectivity index (χ0n) is 15.8. The van der Waals surface area contributed by atoms with Crippen LogP contribution in [0.5, 0.6) is 0 Å². The van der Waals surface area contributed by atoms with Crippen LogP contribution in [0, 0.1) is 13.8 Å². The SMILES string of the molecule is Cc1ccc(C)c(SCC(=O)NC(C)C(c2cccs2)N2CCCC2)c1. The monoisotopic (exact) mass is 388 g/mol. The first-order chi connectivity index (χ1) is 12.5. The highest BCUT2D eigenvalue weighted by molar-refractivity contribution is 8.00. The predicted octanol–water partition coefficient (Wildman–Crippen LogP) is 4.80. The van der Waals surface area contributed by atoms with Crippen LogP contribution in [0.15, 0.2) is 40.6 Å². The lowest BCUT2D eigenvalue weighted by atomic mass is 10.1. The summed E-state index contributed by atoms with van der Waals surface area (Å²) in [5.74, 6) is 0.579. The van der Waals surface area contributed by atoms with Crippen LogP contribution in [0.25, 0.3) is 0 Å². The molecule has 5 heteroatoms. The Bertz CT molecular complexity index is 724. The van der Waals surface area contributed by atoms with Gasteiger partial charge in [-0.1, -0.05) is 23.8 Å². The number of nitrogens with one attached hydrogen (secondary N) is 1. The molecule has 1 aliphatic rings. The first-order valence-electron chi connectivity index (χ1n) is 9.31. The summed E-state index contributed by atoms with van der Waals surface area (Å²) >= 11 is 3.42. The lowest BCUT2D eigenvalue weighted by Gasteiger charge is -2.32. The van der Waals surface area contributed by atoms with Gasteiger partial charge in [-0.2, -0.15) is 0 Å². The number of hydrogen-bond acceptors (Lipinski definition) is 4. The molecule has 26 heavy (non-hydrogen) atoms. The normalized spacial score (nSPS) is 17.2. The van der Waals surface area contributed by atoms with Crippen molar-refractivity contribution in [3.05, 3.63) is 51.7 Å². The van der Waals surface area contributed by atoms with Gasteiger partial charge >= 0.3 is 0 Å². The summed E-state index contributed by atoms with van der Waals surface area (Å²) in [4.78, 5) is 17.6. The van der Waals surface area contributed by atoms with Gasteiger partial charge in [0.15, 0.2) is 0 Å². The minimum Gasteiger partial charge on any atom is -0.351 e. The topological polar surface area (TPSA) is 32.3 Å². The second-order valence-electron chi connectivity index (χ2n) is 7.12. The van der Waals surface area contributed by atoms with Gasteiger partial charge in [-0.05, 0) is 69.8 Å². The van der Waals surface area contributed by atoms with Gasteiger partial charge in [-0.15, -0.1) is 23.1 Å². The number of carbonyl (C=O) groups excluding carboxylic acids is 1.